The van der Waals surface area contributed by atoms with Crippen molar-refractivity contribution in [3.8, 4) is 11.5 Å². The van der Waals surface area contributed by atoms with E-state index in [2.05, 4.69) is 4.90 Å². The maximum Gasteiger partial charge on any atom is 0.295 e. The second-order valence-electron chi connectivity index (χ2n) is 8.57. The van der Waals surface area contributed by atoms with Crippen molar-refractivity contribution in [1.82, 2.24) is 9.80 Å². The summed E-state index contributed by atoms with van der Waals surface area (Å²) in [6.07, 6.45) is 0.684. The molecule has 0 aliphatic carbocycles. The fourth-order valence-electron chi connectivity index (χ4n) is 4.58. The van der Waals surface area contributed by atoms with E-state index in [-0.39, 0.29) is 17.1 Å². The largest absolute Gasteiger partial charge is 0.508 e. The van der Waals surface area contributed by atoms with Gasteiger partial charge in [-0.2, -0.15) is 0 Å². The number of hydrogen-bond donors (Lipinski definition) is 2. The van der Waals surface area contributed by atoms with E-state index in [4.69, 9.17) is 9.47 Å². The lowest BCUT2D eigenvalue weighted by Crippen LogP contribution is -2.38. The zero-order valence-electron chi connectivity index (χ0n) is 19.5. The Morgan fingerprint density at radius 3 is 2.44 bits per heavy atom. The van der Waals surface area contributed by atoms with E-state index < -0.39 is 17.7 Å². The predicted octanol–water partition coefficient (Wildman–Crippen LogP) is 2.85. The molecule has 0 bridgehead atoms. The summed E-state index contributed by atoms with van der Waals surface area (Å²) in [5.41, 5.74) is 1.89. The number of carbonyl (C=O) groups is 2. The second kappa shape index (κ2) is 10.3. The minimum absolute atomic E-state index is 0.0512. The molecule has 4 rings (SSSR count). The van der Waals surface area contributed by atoms with Crippen molar-refractivity contribution in [2.75, 3.05) is 46.5 Å². The lowest BCUT2D eigenvalue weighted by Gasteiger charge is -2.29. The summed E-state index contributed by atoms with van der Waals surface area (Å²) in [4.78, 5) is 30.1. The van der Waals surface area contributed by atoms with Crippen LogP contribution in [-0.2, 0) is 14.3 Å². The van der Waals surface area contributed by atoms with Gasteiger partial charge in [0.2, 0.25) is 0 Å². The van der Waals surface area contributed by atoms with Crippen LogP contribution >= 0.6 is 0 Å². The highest BCUT2D eigenvalue weighted by atomic mass is 16.5. The van der Waals surface area contributed by atoms with E-state index in [0.29, 0.717) is 43.1 Å². The summed E-state index contributed by atoms with van der Waals surface area (Å²) in [5.74, 6) is -0.844. The number of phenolic OH excluding ortho intramolecular Hbond substituents is 1. The number of amides is 1. The Morgan fingerprint density at radius 1 is 1.09 bits per heavy atom. The molecule has 0 spiro atoms. The molecule has 0 radical (unpaired) electrons. The van der Waals surface area contributed by atoms with Gasteiger partial charge in [0, 0.05) is 31.7 Å². The number of ether oxygens (including phenoxy) is 2. The summed E-state index contributed by atoms with van der Waals surface area (Å²) >= 11 is 0. The van der Waals surface area contributed by atoms with Gasteiger partial charge in [0.05, 0.1) is 31.9 Å². The van der Waals surface area contributed by atoms with Gasteiger partial charge in [0.15, 0.2) is 0 Å². The normalized spacial score (nSPS) is 20.6. The number of rotatable bonds is 7. The molecular formula is C26H30N2O6. The number of methoxy groups -OCH3 is 1. The molecule has 1 unspecified atom stereocenters. The fraction of sp³-hybridized carbons (Fsp3) is 0.385. The van der Waals surface area contributed by atoms with Crippen molar-refractivity contribution in [2.24, 2.45) is 0 Å². The Kier molecular flexibility index (Phi) is 7.19. The molecular weight excluding hydrogens is 436 g/mol. The van der Waals surface area contributed by atoms with Gasteiger partial charge < -0.3 is 24.6 Å². The molecule has 1 atom stereocenters. The molecule has 2 aliphatic rings. The van der Waals surface area contributed by atoms with Gasteiger partial charge in [0.25, 0.3) is 11.7 Å². The summed E-state index contributed by atoms with van der Waals surface area (Å²) < 4.78 is 10.6. The van der Waals surface area contributed by atoms with Crippen molar-refractivity contribution < 1.29 is 29.3 Å². The highest BCUT2D eigenvalue weighted by molar-refractivity contribution is 6.46. The summed E-state index contributed by atoms with van der Waals surface area (Å²) in [7, 11) is 1.56. The van der Waals surface area contributed by atoms with E-state index in [0.717, 1.165) is 25.2 Å². The van der Waals surface area contributed by atoms with Gasteiger partial charge in [-0.25, -0.2) is 0 Å². The third-order valence-electron chi connectivity index (χ3n) is 6.41. The van der Waals surface area contributed by atoms with Crippen LogP contribution < -0.4 is 4.74 Å². The molecule has 2 heterocycles. The SMILES string of the molecule is COc1ccc(/C(O)=C2/C(=O)C(=O)N(CCCN3CCOCC3)C2c2ccc(O)cc2)c(C)c1. The summed E-state index contributed by atoms with van der Waals surface area (Å²) in [6.45, 7) is 6.04. The molecule has 2 saturated heterocycles. The van der Waals surface area contributed by atoms with Crippen molar-refractivity contribution in [3.63, 3.8) is 0 Å². The Balaban J connectivity index is 1.69. The van der Waals surface area contributed by atoms with Crippen LogP contribution in [-0.4, -0.2) is 78.2 Å². The van der Waals surface area contributed by atoms with E-state index in [9.17, 15) is 19.8 Å². The van der Waals surface area contributed by atoms with Gasteiger partial charge in [-0.15, -0.1) is 0 Å². The zero-order chi connectivity index (χ0) is 24.2. The first-order chi connectivity index (χ1) is 16.4. The Hall–Kier alpha value is -3.36. The van der Waals surface area contributed by atoms with Crippen LogP contribution in [0.15, 0.2) is 48.0 Å². The van der Waals surface area contributed by atoms with Crippen molar-refractivity contribution in [2.45, 2.75) is 19.4 Å². The molecule has 8 nitrogen and oxygen atoms in total. The van der Waals surface area contributed by atoms with Gasteiger partial charge in [-0.05, 0) is 54.8 Å². The summed E-state index contributed by atoms with van der Waals surface area (Å²) in [6, 6.07) is 10.8. The number of aliphatic hydroxyl groups excluding tert-OH is 1. The number of aryl methyl sites for hydroxylation is 1. The molecule has 180 valence electrons. The fourth-order valence-corrected chi connectivity index (χ4v) is 4.58. The molecule has 0 saturated carbocycles. The smallest absolute Gasteiger partial charge is 0.295 e. The third-order valence-corrected chi connectivity index (χ3v) is 6.41. The van der Waals surface area contributed by atoms with Gasteiger partial charge in [0.1, 0.15) is 17.3 Å². The zero-order valence-corrected chi connectivity index (χ0v) is 19.5. The Morgan fingerprint density at radius 2 is 1.79 bits per heavy atom. The lowest BCUT2D eigenvalue weighted by atomic mass is 9.93. The molecule has 8 heteroatoms. The average Bonchev–Trinajstić information content (AvgIpc) is 3.09. The van der Waals surface area contributed by atoms with Crippen LogP contribution in [0.4, 0.5) is 0 Å². The number of phenols is 1. The van der Waals surface area contributed by atoms with Crippen LogP contribution in [0.3, 0.4) is 0 Å². The number of hydrogen-bond acceptors (Lipinski definition) is 7. The predicted molar refractivity (Wildman–Crippen MR) is 127 cm³/mol. The van der Waals surface area contributed by atoms with Gasteiger partial charge >= 0.3 is 0 Å². The van der Waals surface area contributed by atoms with Crippen molar-refractivity contribution >= 4 is 17.4 Å². The number of likely N-dealkylation sites (tertiary alicyclic amines) is 1. The maximum absolute atomic E-state index is 13.2. The minimum atomic E-state index is -0.744. The first kappa shape index (κ1) is 23.8. The highest BCUT2D eigenvalue weighted by Crippen LogP contribution is 2.40. The molecule has 34 heavy (non-hydrogen) atoms. The van der Waals surface area contributed by atoms with Gasteiger partial charge in [-0.3, -0.25) is 14.5 Å². The van der Waals surface area contributed by atoms with Crippen LogP contribution in [0.5, 0.6) is 11.5 Å². The molecule has 0 aromatic heterocycles. The summed E-state index contributed by atoms with van der Waals surface area (Å²) in [5, 5.41) is 21.0. The molecule has 2 aromatic rings. The molecule has 2 N–H and O–H groups in total. The van der Waals surface area contributed by atoms with Crippen molar-refractivity contribution in [3.05, 3.63) is 64.7 Å². The standard InChI is InChI=1S/C26H30N2O6/c1-17-16-20(33-2)8-9-21(17)24(30)22-23(18-4-6-19(29)7-5-18)28(26(32)25(22)31)11-3-10-27-12-14-34-15-13-27/h4-9,16,23,29-30H,3,10-15H2,1-2H3/b24-22-. The average molecular weight is 467 g/mol. The molecule has 1 amide bonds. The quantitative estimate of drug-likeness (QED) is 0.368. The van der Waals surface area contributed by atoms with Crippen LogP contribution in [0.25, 0.3) is 5.76 Å². The van der Waals surface area contributed by atoms with E-state index in [1.807, 2.05) is 6.92 Å². The Labute approximate surface area is 199 Å². The topological polar surface area (TPSA) is 99.5 Å². The molecule has 2 fully saturated rings. The number of nitrogens with zero attached hydrogens (tertiary/aromatic N) is 2. The number of carbonyl (C=O) groups excluding carboxylic acids is 2. The monoisotopic (exact) mass is 466 g/mol. The molecule has 2 aliphatic heterocycles. The van der Waals surface area contributed by atoms with Crippen LogP contribution in [0.2, 0.25) is 0 Å². The van der Waals surface area contributed by atoms with Crippen LogP contribution in [0, 0.1) is 6.92 Å². The lowest BCUT2D eigenvalue weighted by molar-refractivity contribution is -0.140. The first-order valence-corrected chi connectivity index (χ1v) is 11.4. The second-order valence-corrected chi connectivity index (χ2v) is 8.57. The van der Waals surface area contributed by atoms with Gasteiger partial charge in [-0.1, -0.05) is 12.1 Å². The Bertz CT molecular complexity index is 1090. The third kappa shape index (κ3) is 4.78. The number of aliphatic hydroxyl groups is 1. The first-order valence-electron chi connectivity index (χ1n) is 11.4. The number of benzene rings is 2. The van der Waals surface area contributed by atoms with E-state index >= 15 is 0 Å². The van der Waals surface area contributed by atoms with E-state index in [1.54, 1.807) is 37.4 Å². The minimum Gasteiger partial charge on any atom is -0.508 e. The molecule has 2 aromatic carbocycles. The van der Waals surface area contributed by atoms with E-state index in [1.165, 1.54) is 17.0 Å². The number of ketones is 1. The number of morpholine rings is 1. The van der Waals surface area contributed by atoms with Crippen molar-refractivity contribution in [1.29, 1.82) is 0 Å². The number of aromatic hydroxyl groups is 1. The van der Waals surface area contributed by atoms with Crippen LogP contribution in [0.1, 0.15) is 29.2 Å². The highest BCUT2D eigenvalue weighted by Gasteiger charge is 2.46. The number of Topliss-reactive ketones (excluding diaryl/α,β-unsaturated/α-hetero) is 1. The maximum atomic E-state index is 13.2.